The lowest BCUT2D eigenvalue weighted by molar-refractivity contribution is -0.144. The predicted octanol–water partition coefficient (Wildman–Crippen LogP) is 1.99. The summed E-state index contributed by atoms with van der Waals surface area (Å²) in [4.78, 5) is 23.1. The van der Waals surface area contributed by atoms with Gasteiger partial charge in [-0.25, -0.2) is 8.42 Å². The van der Waals surface area contributed by atoms with Crippen molar-refractivity contribution in [1.29, 1.82) is 0 Å². The minimum Gasteiger partial charge on any atom is -0.466 e. The fraction of sp³-hybridized carbons (Fsp3) is 0.467. The topological polar surface area (TPSA) is 77.5 Å². The SMILES string of the molecule is CCOC(=O)CCC(=O)CS(=O)(=O)c1cc(C)ccc1C. The number of carbonyl (C=O) groups is 2. The van der Waals surface area contributed by atoms with Crippen molar-refractivity contribution in [1.82, 2.24) is 0 Å². The Hall–Kier alpha value is -1.69. The molecule has 21 heavy (non-hydrogen) atoms. The molecule has 0 aromatic heterocycles. The fourth-order valence-electron chi connectivity index (χ4n) is 1.88. The molecule has 0 saturated carbocycles. The number of carbonyl (C=O) groups excluding carboxylic acids is 2. The van der Waals surface area contributed by atoms with Crippen molar-refractivity contribution in [2.24, 2.45) is 0 Å². The Bertz CT molecular complexity index is 631. The number of ether oxygens (including phenoxy) is 1. The molecular formula is C15H20O5S. The van der Waals surface area contributed by atoms with Gasteiger partial charge in [0.2, 0.25) is 0 Å². The summed E-state index contributed by atoms with van der Waals surface area (Å²) in [5.41, 5.74) is 1.43. The van der Waals surface area contributed by atoms with Crippen LogP contribution in [0.5, 0.6) is 0 Å². The number of benzene rings is 1. The lowest BCUT2D eigenvalue weighted by Crippen LogP contribution is -2.18. The van der Waals surface area contributed by atoms with E-state index in [-0.39, 0.29) is 24.3 Å². The van der Waals surface area contributed by atoms with Crippen molar-refractivity contribution in [3.8, 4) is 0 Å². The van der Waals surface area contributed by atoms with E-state index in [4.69, 9.17) is 4.74 Å². The molecule has 0 atom stereocenters. The summed E-state index contributed by atoms with van der Waals surface area (Å²) in [6, 6.07) is 5.09. The molecule has 0 aliphatic rings. The van der Waals surface area contributed by atoms with Gasteiger partial charge >= 0.3 is 5.97 Å². The van der Waals surface area contributed by atoms with E-state index in [2.05, 4.69) is 0 Å². The Balaban J connectivity index is 2.74. The van der Waals surface area contributed by atoms with Gasteiger partial charge in [-0.1, -0.05) is 12.1 Å². The first-order valence-corrected chi connectivity index (χ1v) is 8.39. The second-order valence-electron chi connectivity index (χ2n) is 4.87. The van der Waals surface area contributed by atoms with E-state index in [1.54, 1.807) is 32.9 Å². The monoisotopic (exact) mass is 312 g/mol. The van der Waals surface area contributed by atoms with Crippen LogP contribution in [-0.2, 0) is 24.2 Å². The van der Waals surface area contributed by atoms with Gasteiger partial charge in [-0.15, -0.1) is 0 Å². The van der Waals surface area contributed by atoms with Crippen molar-refractivity contribution in [2.45, 2.75) is 38.5 Å². The summed E-state index contributed by atoms with van der Waals surface area (Å²) in [5.74, 6) is -1.56. The molecule has 0 unspecified atom stereocenters. The van der Waals surface area contributed by atoms with E-state index >= 15 is 0 Å². The van der Waals surface area contributed by atoms with E-state index in [9.17, 15) is 18.0 Å². The number of rotatable bonds is 7. The van der Waals surface area contributed by atoms with Gasteiger partial charge in [0.15, 0.2) is 9.84 Å². The Morgan fingerprint density at radius 2 is 1.81 bits per heavy atom. The Morgan fingerprint density at radius 1 is 1.14 bits per heavy atom. The van der Waals surface area contributed by atoms with Crippen LogP contribution in [0.25, 0.3) is 0 Å². The highest BCUT2D eigenvalue weighted by Crippen LogP contribution is 2.18. The third-order valence-electron chi connectivity index (χ3n) is 2.94. The lowest BCUT2D eigenvalue weighted by atomic mass is 10.2. The smallest absolute Gasteiger partial charge is 0.306 e. The summed E-state index contributed by atoms with van der Waals surface area (Å²) in [6.45, 7) is 5.40. The fourth-order valence-corrected chi connectivity index (χ4v) is 3.53. The molecule has 0 aliphatic heterocycles. The minimum atomic E-state index is -3.67. The number of ketones is 1. The molecule has 0 N–H and O–H groups in total. The molecule has 0 amide bonds. The second kappa shape index (κ2) is 7.36. The standard InChI is InChI=1S/C15H20O5S/c1-4-20-15(17)8-7-13(16)10-21(18,19)14-9-11(2)5-6-12(14)3/h5-6,9H,4,7-8,10H2,1-3H3. The molecule has 0 fully saturated rings. The molecule has 1 rings (SSSR count). The van der Waals surface area contributed by atoms with Crippen molar-refractivity contribution in [3.63, 3.8) is 0 Å². The third kappa shape index (κ3) is 5.30. The molecule has 0 spiro atoms. The zero-order chi connectivity index (χ0) is 16.0. The highest BCUT2D eigenvalue weighted by molar-refractivity contribution is 7.92. The van der Waals surface area contributed by atoms with E-state index in [1.165, 1.54) is 0 Å². The molecular weight excluding hydrogens is 292 g/mol. The van der Waals surface area contributed by atoms with Crippen molar-refractivity contribution in [3.05, 3.63) is 29.3 Å². The molecule has 0 radical (unpaired) electrons. The zero-order valence-electron chi connectivity index (χ0n) is 12.5. The lowest BCUT2D eigenvalue weighted by Gasteiger charge is -2.08. The first-order chi connectivity index (χ1) is 9.76. The predicted molar refractivity (Wildman–Crippen MR) is 78.8 cm³/mol. The van der Waals surface area contributed by atoms with Crippen LogP contribution in [0.3, 0.4) is 0 Å². The second-order valence-corrected chi connectivity index (χ2v) is 6.83. The summed E-state index contributed by atoms with van der Waals surface area (Å²) in [7, 11) is -3.67. The first kappa shape index (κ1) is 17.4. The van der Waals surface area contributed by atoms with Gasteiger partial charge in [-0.2, -0.15) is 0 Å². The first-order valence-electron chi connectivity index (χ1n) is 6.73. The highest BCUT2D eigenvalue weighted by atomic mass is 32.2. The third-order valence-corrected chi connectivity index (χ3v) is 4.75. The number of Topliss-reactive ketones (excluding diaryl/α,β-unsaturated/α-hetero) is 1. The number of hydrogen-bond acceptors (Lipinski definition) is 5. The Labute approximate surface area is 125 Å². The van der Waals surface area contributed by atoms with Crippen molar-refractivity contribution in [2.75, 3.05) is 12.4 Å². The molecule has 1 aromatic rings. The molecule has 5 nitrogen and oxygen atoms in total. The molecule has 1 aromatic carbocycles. The van der Waals surface area contributed by atoms with Crippen LogP contribution >= 0.6 is 0 Å². The molecule has 0 saturated heterocycles. The largest absolute Gasteiger partial charge is 0.466 e. The van der Waals surface area contributed by atoms with Crippen LogP contribution in [0.1, 0.15) is 30.9 Å². The quantitative estimate of drug-likeness (QED) is 0.720. The van der Waals surface area contributed by atoms with Gasteiger partial charge in [0.25, 0.3) is 0 Å². The maximum absolute atomic E-state index is 12.2. The van der Waals surface area contributed by atoms with Gasteiger partial charge in [-0.05, 0) is 38.0 Å². The van der Waals surface area contributed by atoms with E-state index in [1.807, 2.05) is 6.07 Å². The van der Waals surface area contributed by atoms with Crippen LogP contribution in [0.15, 0.2) is 23.1 Å². The van der Waals surface area contributed by atoms with Gasteiger partial charge < -0.3 is 4.74 Å². The van der Waals surface area contributed by atoms with Crippen LogP contribution in [0.4, 0.5) is 0 Å². The van der Waals surface area contributed by atoms with E-state index in [0.717, 1.165) is 5.56 Å². The van der Waals surface area contributed by atoms with Crippen molar-refractivity contribution < 1.29 is 22.7 Å². The molecule has 0 aliphatic carbocycles. The van der Waals surface area contributed by atoms with Gasteiger partial charge in [0, 0.05) is 6.42 Å². The van der Waals surface area contributed by atoms with Gasteiger partial charge in [-0.3, -0.25) is 9.59 Å². The van der Waals surface area contributed by atoms with Crippen LogP contribution in [0.2, 0.25) is 0 Å². The Kier molecular flexibility index (Phi) is 6.08. The Morgan fingerprint density at radius 3 is 2.43 bits per heavy atom. The number of aryl methyl sites for hydroxylation is 2. The normalized spacial score (nSPS) is 11.2. The van der Waals surface area contributed by atoms with Gasteiger partial charge in [0.05, 0.1) is 17.9 Å². The summed E-state index contributed by atoms with van der Waals surface area (Å²) < 4.78 is 29.2. The molecule has 0 heterocycles. The molecule has 6 heteroatoms. The number of esters is 1. The molecule has 116 valence electrons. The number of sulfone groups is 1. The van der Waals surface area contributed by atoms with Crippen LogP contribution in [0, 0.1) is 13.8 Å². The summed E-state index contributed by atoms with van der Waals surface area (Å²) in [6.07, 6.45) is -0.210. The van der Waals surface area contributed by atoms with Crippen molar-refractivity contribution >= 4 is 21.6 Å². The minimum absolute atomic E-state index is 0.0883. The number of hydrogen-bond donors (Lipinski definition) is 0. The maximum Gasteiger partial charge on any atom is 0.306 e. The molecule has 0 bridgehead atoms. The van der Waals surface area contributed by atoms with Crippen LogP contribution < -0.4 is 0 Å². The van der Waals surface area contributed by atoms with Gasteiger partial charge in [0.1, 0.15) is 11.5 Å². The van der Waals surface area contributed by atoms with E-state index < -0.39 is 27.3 Å². The maximum atomic E-state index is 12.2. The average molecular weight is 312 g/mol. The average Bonchev–Trinajstić information content (AvgIpc) is 2.39. The zero-order valence-corrected chi connectivity index (χ0v) is 13.3. The van der Waals surface area contributed by atoms with E-state index in [0.29, 0.717) is 5.56 Å². The summed E-state index contributed by atoms with van der Waals surface area (Å²) in [5, 5.41) is 0. The van der Waals surface area contributed by atoms with Crippen LogP contribution in [-0.4, -0.2) is 32.5 Å². The summed E-state index contributed by atoms with van der Waals surface area (Å²) >= 11 is 0. The highest BCUT2D eigenvalue weighted by Gasteiger charge is 2.21.